The monoisotopic (exact) mass is 412 g/mol. The van der Waals surface area contributed by atoms with Crippen LogP contribution in [-0.4, -0.2) is 38.2 Å². The van der Waals surface area contributed by atoms with Gasteiger partial charge in [0.25, 0.3) is 11.8 Å². The van der Waals surface area contributed by atoms with Gasteiger partial charge >= 0.3 is 0 Å². The molecule has 162 valence electrons. The summed E-state index contributed by atoms with van der Waals surface area (Å²) in [5.74, 6) is 0.606. The number of hydrogen-bond donors (Lipinski definition) is 2. The summed E-state index contributed by atoms with van der Waals surface area (Å²) in [6.45, 7) is 7.10. The minimum absolute atomic E-state index is 0.186. The van der Waals surface area contributed by atoms with Crippen molar-refractivity contribution in [1.82, 2.24) is 5.32 Å². The number of para-hydroxylation sites is 1. The zero-order chi connectivity index (χ0) is 21.9. The van der Waals surface area contributed by atoms with Crippen LogP contribution in [0.5, 0.6) is 5.75 Å². The lowest BCUT2D eigenvalue weighted by molar-refractivity contribution is -0.122. The summed E-state index contributed by atoms with van der Waals surface area (Å²) >= 11 is 0. The third kappa shape index (κ3) is 6.88. The summed E-state index contributed by atoms with van der Waals surface area (Å²) < 4.78 is 10.9. The largest absolute Gasteiger partial charge is 0.481 e. The summed E-state index contributed by atoms with van der Waals surface area (Å²) in [6.07, 6.45) is 1.05. The third-order valence-corrected chi connectivity index (χ3v) is 4.94. The molecule has 6 heteroatoms. The van der Waals surface area contributed by atoms with Gasteiger partial charge < -0.3 is 20.1 Å². The molecular formula is C24H32N2O4. The second-order valence-corrected chi connectivity index (χ2v) is 7.28. The number of nitrogens with one attached hydrogen (secondary N) is 2. The SMILES string of the molecule is CCC(C)c1ccccc1OC(C)C(=O)Nc1cccc(C(=O)NCCCOC)c1. The predicted molar refractivity (Wildman–Crippen MR) is 119 cm³/mol. The molecule has 0 spiro atoms. The number of ether oxygens (including phenoxy) is 2. The van der Waals surface area contributed by atoms with Crippen molar-refractivity contribution in [3.8, 4) is 5.75 Å². The van der Waals surface area contributed by atoms with Crippen molar-refractivity contribution in [3.05, 3.63) is 59.7 Å². The molecule has 30 heavy (non-hydrogen) atoms. The third-order valence-electron chi connectivity index (χ3n) is 4.94. The summed E-state index contributed by atoms with van der Waals surface area (Å²) in [6, 6.07) is 14.7. The summed E-state index contributed by atoms with van der Waals surface area (Å²) in [7, 11) is 1.63. The highest BCUT2D eigenvalue weighted by molar-refractivity contribution is 5.98. The number of carbonyl (C=O) groups is 2. The van der Waals surface area contributed by atoms with Gasteiger partial charge in [-0.1, -0.05) is 38.1 Å². The van der Waals surface area contributed by atoms with Crippen molar-refractivity contribution >= 4 is 17.5 Å². The highest BCUT2D eigenvalue weighted by Gasteiger charge is 2.18. The van der Waals surface area contributed by atoms with Gasteiger partial charge in [0.1, 0.15) is 5.75 Å². The fraction of sp³-hybridized carbons (Fsp3) is 0.417. The van der Waals surface area contributed by atoms with Crippen LogP contribution in [-0.2, 0) is 9.53 Å². The number of methoxy groups -OCH3 is 1. The molecular weight excluding hydrogens is 380 g/mol. The average molecular weight is 413 g/mol. The van der Waals surface area contributed by atoms with Gasteiger partial charge in [0.05, 0.1) is 0 Å². The molecule has 0 heterocycles. The van der Waals surface area contributed by atoms with E-state index in [-0.39, 0.29) is 11.8 Å². The molecule has 6 nitrogen and oxygen atoms in total. The Morgan fingerprint density at radius 2 is 1.83 bits per heavy atom. The van der Waals surface area contributed by atoms with Crippen molar-refractivity contribution in [3.63, 3.8) is 0 Å². The lowest BCUT2D eigenvalue weighted by atomic mass is 9.98. The first-order valence-electron chi connectivity index (χ1n) is 10.4. The Balaban J connectivity index is 1.98. The Morgan fingerprint density at radius 1 is 1.07 bits per heavy atom. The molecule has 0 fully saturated rings. The fourth-order valence-corrected chi connectivity index (χ4v) is 2.96. The minimum atomic E-state index is -0.679. The lowest BCUT2D eigenvalue weighted by Gasteiger charge is -2.19. The van der Waals surface area contributed by atoms with Crippen LogP contribution in [0.1, 0.15) is 55.5 Å². The van der Waals surface area contributed by atoms with Gasteiger partial charge in [-0.25, -0.2) is 0 Å². The summed E-state index contributed by atoms with van der Waals surface area (Å²) in [5, 5.41) is 5.67. The van der Waals surface area contributed by atoms with Crippen molar-refractivity contribution in [2.24, 2.45) is 0 Å². The second-order valence-electron chi connectivity index (χ2n) is 7.28. The van der Waals surface area contributed by atoms with E-state index >= 15 is 0 Å². The molecule has 0 radical (unpaired) electrons. The maximum atomic E-state index is 12.6. The molecule has 2 unspecified atom stereocenters. The molecule has 0 aromatic heterocycles. The van der Waals surface area contributed by atoms with Gasteiger partial charge in [-0.3, -0.25) is 9.59 Å². The van der Waals surface area contributed by atoms with Crippen LogP contribution < -0.4 is 15.4 Å². The van der Waals surface area contributed by atoms with Crippen LogP contribution in [0.2, 0.25) is 0 Å². The second kappa shape index (κ2) is 12.0. The Labute approximate surface area is 179 Å². The Hall–Kier alpha value is -2.86. The number of hydrogen-bond acceptors (Lipinski definition) is 4. The van der Waals surface area contributed by atoms with Crippen LogP contribution in [0.15, 0.2) is 48.5 Å². The average Bonchev–Trinajstić information content (AvgIpc) is 2.76. The summed E-state index contributed by atoms with van der Waals surface area (Å²) in [4.78, 5) is 24.9. The Morgan fingerprint density at radius 3 is 2.57 bits per heavy atom. The van der Waals surface area contributed by atoms with Crippen molar-refractivity contribution < 1.29 is 19.1 Å². The maximum Gasteiger partial charge on any atom is 0.265 e. The molecule has 0 aliphatic heterocycles. The van der Waals surface area contributed by atoms with Gasteiger partial charge in [-0.15, -0.1) is 0 Å². The zero-order valence-corrected chi connectivity index (χ0v) is 18.2. The van der Waals surface area contributed by atoms with Gasteiger partial charge in [0, 0.05) is 31.5 Å². The highest BCUT2D eigenvalue weighted by Crippen LogP contribution is 2.29. The first-order chi connectivity index (χ1) is 14.5. The van der Waals surface area contributed by atoms with Crippen molar-refractivity contribution in [2.75, 3.05) is 25.6 Å². The molecule has 2 N–H and O–H groups in total. The maximum absolute atomic E-state index is 12.6. The van der Waals surface area contributed by atoms with E-state index in [9.17, 15) is 9.59 Å². The van der Waals surface area contributed by atoms with E-state index in [2.05, 4.69) is 24.5 Å². The van der Waals surface area contributed by atoms with Crippen LogP contribution in [0.4, 0.5) is 5.69 Å². The normalized spacial score (nSPS) is 12.7. The Kier molecular flexibility index (Phi) is 9.35. The number of rotatable bonds is 11. The van der Waals surface area contributed by atoms with E-state index in [1.165, 1.54) is 0 Å². The summed E-state index contributed by atoms with van der Waals surface area (Å²) in [5.41, 5.74) is 2.13. The molecule has 2 rings (SSSR count). The van der Waals surface area contributed by atoms with Gasteiger partial charge in [-0.2, -0.15) is 0 Å². The van der Waals surface area contributed by atoms with Crippen LogP contribution in [0.25, 0.3) is 0 Å². The van der Waals surface area contributed by atoms with E-state index in [0.717, 1.165) is 24.2 Å². The fourth-order valence-electron chi connectivity index (χ4n) is 2.96. The topological polar surface area (TPSA) is 76.7 Å². The molecule has 2 aromatic carbocycles. The minimum Gasteiger partial charge on any atom is -0.481 e. The van der Waals surface area contributed by atoms with E-state index in [0.29, 0.717) is 30.3 Å². The molecule has 0 saturated carbocycles. The number of anilines is 1. The molecule has 0 bridgehead atoms. The quantitative estimate of drug-likeness (QED) is 0.537. The van der Waals surface area contributed by atoms with Gasteiger partial charge in [0.15, 0.2) is 6.10 Å². The molecule has 0 aliphatic carbocycles. The highest BCUT2D eigenvalue weighted by atomic mass is 16.5. The number of benzene rings is 2. The van der Waals surface area contributed by atoms with Gasteiger partial charge in [-0.05, 0) is 55.5 Å². The molecule has 2 amide bonds. The van der Waals surface area contributed by atoms with Crippen LogP contribution in [0, 0.1) is 0 Å². The van der Waals surface area contributed by atoms with E-state index in [1.54, 1.807) is 38.3 Å². The van der Waals surface area contributed by atoms with Crippen molar-refractivity contribution in [2.45, 2.75) is 45.6 Å². The number of amides is 2. The smallest absolute Gasteiger partial charge is 0.265 e. The molecule has 2 aromatic rings. The van der Waals surface area contributed by atoms with Crippen LogP contribution >= 0.6 is 0 Å². The Bertz CT molecular complexity index is 837. The predicted octanol–water partition coefficient (Wildman–Crippen LogP) is 4.37. The zero-order valence-electron chi connectivity index (χ0n) is 18.2. The van der Waals surface area contributed by atoms with Gasteiger partial charge in [0.2, 0.25) is 0 Å². The lowest BCUT2D eigenvalue weighted by Crippen LogP contribution is -2.30. The standard InChI is InChI=1S/C24H32N2O4/c1-5-17(2)21-12-6-7-13-22(21)30-18(3)23(27)26-20-11-8-10-19(16-20)24(28)25-14-9-15-29-4/h6-8,10-13,16-18H,5,9,14-15H2,1-4H3,(H,25,28)(H,26,27). The molecule has 0 saturated heterocycles. The van der Waals surface area contributed by atoms with E-state index in [1.807, 2.05) is 24.3 Å². The molecule has 0 aliphatic rings. The van der Waals surface area contributed by atoms with Crippen molar-refractivity contribution in [1.29, 1.82) is 0 Å². The first-order valence-corrected chi connectivity index (χ1v) is 10.4. The van der Waals surface area contributed by atoms with E-state index in [4.69, 9.17) is 9.47 Å². The first kappa shape index (κ1) is 23.4. The van der Waals surface area contributed by atoms with Crippen LogP contribution in [0.3, 0.4) is 0 Å². The molecule has 2 atom stereocenters. The number of carbonyl (C=O) groups excluding carboxylic acids is 2. The van der Waals surface area contributed by atoms with E-state index < -0.39 is 6.10 Å².